The lowest BCUT2D eigenvalue weighted by Gasteiger charge is -2.21. The van der Waals surface area contributed by atoms with Crippen molar-refractivity contribution in [3.8, 4) is 0 Å². The molecular weight excluding hydrogens is 265 g/mol. The Morgan fingerprint density at radius 1 is 1.06 bits per heavy atom. The van der Waals surface area contributed by atoms with Crippen molar-refractivity contribution in [3.05, 3.63) is 34.3 Å². The zero-order valence-corrected chi connectivity index (χ0v) is 9.25. The number of nitrogens with two attached hydrogens (primary N) is 1. The van der Waals surface area contributed by atoms with Crippen LogP contribution >= 0.6 is 11.6 Å². The Bertz CT molecular complexity index is 402. The average molecular weight is 274 g/mol. The van der Waals surface area contributed by atoms with E-state index in [0.717, 1.165) is 6.07 Å². The predicted molar refractivity (Wildman–Crippen MR) is 54.0 cm³/mol. The fraction of sp³-hybridized carbons (Fsp3) is 0.400. The van der Waals surface area contributed by atoms with E-state index in [1.54, 1.807) is 0 Å². The van der Waals surface area contributed by atoms with Crippen LogP contribution in [0.1, 0.15) is 17.5 Å². The molecule has 2 N–H and O–H groups in total. The third-order valence-corrected chi connectivity index (χ3v) is 2.37. The van der Waals surface area contributed by atoms with Gasteiger partial charge in [-0.2, -0.15) is 13.2 Å². The van der Waals surface area contributed by atoms with Crippen molar-refractivity contribution in [1.82, 2.24) is 0 Å². The van der Waals surface area contributed by atoms with Crippen molar-refractivity contribution in [1.29, 1.82) is 0 Å². The van der Waals surface area contributed by atoms with E-state index in [9.17, 15) is 22.0 Å². The van der Waals surface area contributed by atoms with Crippen molar-refractivity contribution in [3.63, 3.8) is 0 Å². The second-order valence-electron chi connectivity index (χ2n) is 3.43. The van der Waals surface area contributed by atoms with Crippen molar-refractivity contribution < 1.29 is 22.0 Å². The minimum atomic E-state index is -4.88. The monoisotopic (exact) mass is 273 g/mol. The molecule has 0 atom stereocenters. The van der Waals surface area contributed by atoms with Crippen LogP contribution < -0.4 is 5.73 Å². The van der Waals surface area contributed by atoms with Crippen molar-refractivity contribution in [2.75, 3.05) is 6.54 Å². The Labute approximate surface area is 99.4 Å². The van der Waals surface area contributed by atoms with Gasteiger partial charge in [-0.1, -0.05) is 17.7 Å². The van der Waals surface area contributed by atoms with Gasteiger partial charge in [0.25, 0.3) is 5.92 Å². The predicted octanol–water partition coefficient (Wildman–Crippen LogP) is 3.80. The summed E-state index contributed by atoms with van der Waals surface area (Å²) < 4.78 is 64.6. The zero-order valence-electron chi connectivity index (χ0n) is 8.49. The van der Waals surface area contributed by atoms with Crippen molar-refractivity contribution in [2.45, 2.75) is 18.5 Å². The van der Waals surface area contributed by atoms with Crippen LogP contribution in [0.5, 0.6) is 0 Å². The molecule has 7 heteroatoms. The quantitative estimate of drug-likeness (QED) is 0.833. The second-order valence-corrected chi connectivity index (χ2v) is 3.87. The summed E-state index contributed by atoms with van der Waals surface area (Å²) >= 11 is 5.38. The largest absolute Gasteiger partial charge is 0.416 e. The maximum atomic E-state index is 13.5. The molecule has 0 aromatic heterocycles. The molecule has 1 rings (SSSR count). The van der Waals surface area contributed by atoms with E-state index >= 15 is 0 Å². The number of hydrogen-bond acceptors (Lipinski definition) is 1. The standard InChI is InChI=1S/C10H9ClF5N/c11-6-1-2-7(9(12,13)3-4-17)8(5-6)10(14,15)16/h1-2,5H,3-4,17H2. The summed E-state index contributed by atoms with van der Waals surface area (Å²) in [5.41, 5.74) is 2.43. The molecule has 0 bridgehead atoms. The first-order valence-electron chi connectivity index (χ1n) is 4.63. The van der Waals surface area contributed by atoms with E-state index in [4.69, 9.17) is 17.3 Å². The number of benzene rings is 1. The van der Waals surface area contributed by atoms with E-state index in [-0.39, 0.29) is 5.02 Å². The molecule has 0 aliphatic heterocycles. The molecule has 0 aliphatic rings. The third kappa shape index (κ3) is 3.29. The molecule has 0 spiro atoms. The highest BCUT2D eigenvalue weighted by Crippen LogP contribution is 2.41. The number of halogens is 6. The molecule has 17 heavy (non-hydrogen) atoms. The first-order valence-corrected chi connectivity index (χ1v) is 5.01. The average Bonchev–Trinajstić information content (AvgIpc) is 2.15. The Hall–Kier alpha value is -0.880. The van der Waals surface area contributed by atoms with Crippen LogP contribution in [0, 0.1) is 0 Å². The SMILES string of the molecule is NCCC(F)(F)c1ccc(Cl)cc1C(F)(F)F. The van der Waals surface area contributed by atoms with Gasteiger partial charge < -0.3 is 5.73 Å². The van der Waals surface area contributed by atoms with Gasteiger partial charge in [-0.25, -0.2) is 8.78 Å². The first kappa shape index (κ1) is 14.2. The van der Waals surface area contributed by atoms with Crippen molar-refractivity contribution in [2.24, 2.45) is 5.73 Å². The fourth-order valence-electron chi connectivity index (χ4n) is 1.39. The molecule has 0 saturated heterocycles. The zero-order chi connectivity index (χ0) is 13.3. The number of rotatable bonds is 3. The van der Waals surface area contributed by atoms with Gasteiger partial charge in [0.15, 0.2) is 0 Å². The molecular formula is C10H9ClF5N. The summed E-state index contributed by atoms with van der Waals surface area (Å²) in [4.78, 5) is 0. The second kappa shape index (κ2) is 4.78. The van der Waals surface area contributed by atoms with Gasteiger partial charge in [0.05, 0.1) is 5.56 Å². The van der Waals surface area contributed by atoms with E-state index in [1.165, 1.54) is 0 Å². The maximum Gasteiger partial charge on any atom is 0.416 e. The van der Waals surface area contributed by atoms with Gasteiger partial charge in [-0.05, 0) is 18.7 Å². The molecule has 0 unspecified atom stereocenters. The van der Waals surface area contributed by atoms with Crippen LogP contribution in [-0.2, 0) is 12.1 Å². The van der Waals surface area contributed by atoms with Gasteiger partial charge in [-0.3, -0.25) is 0 Å². The van der Waals surface area contributed by atoms with Gasteiger partial charge in [0.2, 0.25) is 0 Å². The smallest absolute Gasteiger partial charge is 0.330 e. The summed E-state index contributed by atoms with van der Waals surface area (Å²) in [6.45, 7) is -0.410. The minimum Gasteiger partial charge on any atom is -0.330 e. The Morgan fingerprint density at radius 3 is 2.12 bits per heavy atom. The van der Waals surface area contributed by atoms with Crippen LogP contribution in [0.25, 0.3) is 0 Å². The highest BCUT2D eigenvalue weighted by atomic mass is 35.5. The van der Waals surface area contributed by atoms with E-state index < -0.39 is 36.2 Å². The summed E-state index contributed by atoms with van der Waals surface area (Å²) in [6, 6.07) is 2.17. The Kier molecular flexibility index (Phi) is 3.99. The van der Waals surface area contributed by atoms with Crippen LogP contribution in [0.2, 0.25) is 5.02 Å². The maximum absolute atomic E-state index is 13.5. The van der Waals surface area contributed by atoms with Crippen LogP contribution in [0.15, 0.2) is 18.2 Å². The summed E-state index contributed by atoms with van der Waals surface area (Å²) in [6.07, 6.45) is -5.73. The van der Waals surface area contributed by atoms with Crippen LogP contribution in [0.3, 0.4) is 0 Å². The van der Waals surface area contributed by atoms with E-state index in [0.29, 0.717) is 12.1 Å². The van der Waals surface area contributed by atoms with Crippen molar-refractivity contribution >= 4 is 11.6 Å². The summed E-state index contributed by atoms with van der Waals surface area (Å²) in [5, 5.41) is -0.246. The molecule has 0 saturated carbocycles. The lowest BCUT2D eigenvalue weighted by molar-refractivity contribution is -0.142. The molecule has 0 heterocycles. The minimum absolute atomic E-state index is 0.246. The molecule has 0 amide bonds. The van der Waals surface area contributed by atoms with Gasteiger partial charge in [0.1, 0.15) is 0 Å². The lowest BCUT2D eigenvalue weighted by atomic mass is 9.99. The van der Waals surface area contributed by atoms with Crippen LogP contribution in [-0.4, -0.2) is 6.54 Å². The molecule has 1 nitrogen and oxygen atoms in total. The Morgan fingerprint density at radius 2 is 1.65 bits per heavy atom. The molecule has 0 radical (unpaired) electrons. The van der Waals surface area contributed by atoms with Gasteiger partial charge in [0, 0.05) is 17.0 Å². The fourth-order valence-corrected chi connectivity index (χ4v) is 1.56. The molecule has 1 aromatic carbocycles. The first-order chi connectivity index (χ1) is 7.68. The highest BCUT2D eigenvalue weighted by Gasteiger charge is 2.42. The molecule has 0 fully saturated rings. The topological polar surface area (TPSA) is 26.0 Å². The van der Waals surface area contributed by atoms with Gasteiger partial charge >= 0.3 is 6.18 Å². The molecule has 96 valence electrons. The van der Waals surface area contributed by atoms with E-state index in [2.05, 4.69) is 0 Å². The summed E-state index contributed by atoms with van der Waals surface area (Å²) in [7, 11) is 0. The highest BCUT2D eigenvalue weighted by molar-refractivity contribution is 6.30. The van der Waals surface area contributed by atoms with Gasteiger partial charge in [-0.15, -0.1) is 0 Å². The number of alkyl halides is 5. The normalized spacial score (nSPS) is 12.9. The summed E-state index contributed by atoms with van der Waals surface area (Å²) in [5.74, 6) is -3.62. The molecule has 1 aromatic rings. The third-order valence-electron chi connectivity index (χ3n) is 2.14. The lowest BCUT2D eigenvalue weighted by Crippen LogP contribution is -2.23. The van der Waals surface area contributed by atoms with E-state index in [1.807, 2.05) is 0 Å². The van der Waals surface area contributed by atoms with Crippen LogP contribution in [0.4, 0.5) is 22.0 Å². The Balaban J connectivity index is 3.33. The number of hydrogen-bond donors (Lipinski definition) is 1. The molecule has 0 aliphatic carbocycles.